The molecule has 10 heavy (non-hydrogen) atoms. The molecule has 0 aromatic heterocycles. The van der Waals surface area contributed by atoms with Crippen LogP contribution in [0, 0.1) is 0 Å². The van der Waals surface area contributed by atoms with Gasteiger partial charge in [0.1, 0.15) is 0 Å². The number of halogens is 5. The van der Waals surface area contributed by atoms with Crippen LogP contribution in [0.4, 0.5) is 22.0 Å². The predicted molar refractivity (Wildman–Crippen MR) is 22.7 cm³/mol. The number of rotatable bonds is 3. The molecule has 6 heteroatoms. The second-order valence-electron chi connectivity index (χ2n) is 1.71. The number of alkyl halides is 5. The van der Waals surface area contributed by atoms with E-state index in [4.69, 9.17) is 5.11 Å². The van der Waals surface area contributed by atoms with E-state index >= 15 is 0 Å². The summed E-state index contributed by atoms with van der Waals surface area (Å²) in [6.07, 6.45) is -8.92. The minimum atomic E-state index is -4.06. The monoisotopic (exact) mass is 164 g/mol. The molecule has 0 aliphatic rings. The molecule has 62 valence electrons. The van der Waals surface area contributed by atoms with E-state index in [1.807, 2.05) is 0 Å². The van der Waals surface area contributed by atoms with Crippen molar-refractivity contribution in [3.05, 3.63) is 0 Å². The summed E-state index contributed by atoms with van der Waals surface area (Å²) in [5.41, 5.74) is 0. The van der Waals surface area contributed by atoms with Crippen molar-refractivity contribution in [2.45, 2.75) is 25.1 Å². The van der Waals surface area contributed by atoms with Gasteiger partial charge in [0.15, 0.2) is 0 Å². The average Bonchev–Trinajstić information content (AvgIpc) is 1.60. The number of hydrogen-bond acceptors (Lipinski definition) is 1. The molecule has 0 aliphatic carbocycles. The second-order valence-corrected chi connectivity index (χ2v) is 1.71. The van der Waals surface area contributed by atoms with Gasteiger partial charge in [-0.05, 0) is 0 Å². The van der Waals surface area contributed by atoms with Crippen LogP contribution in [0.25, 0.3) is 0 Å². The van der Waals surface area contributed by atoms with Gasteiger partial charge >= 0.3 is 0 Å². The summed E-state index contributed by atoms with van der Waals surface area (Å²) in [7, 11) is 0. The van der Waals surface area contributed by atoms with Crippen molar-refractivity contribution in [2.24, 2.45) is 0 Å². The molecule has 1 atom stereocenters. The van der Waals surface area contributed by atoms with Crippen LogP contribution in [0.3, 0.4) is 0 Å². The lowest BCUT2D eigenvalue weighted by atomic mass is 10.2. The molecule has 1 N–H and O–H groups in total. The Balaban J connectivity index is 3.87. The first kappa shape index (κ1) is 9.61. The third-order valence-corrected chi connectivity index (χ3v) is 0.775. The van der Waals surface area contributed by atoms with E-state index in [-0.39, 0.29) is 0 Å². The van der Waals surface area contributed by atoms with Gasteiger partial charge in [-0.3, -0.25) is 0 Å². The first-order valence-corrected chi connectivity index (χ1v) is 2.34. The molecule has 0 spiro atoms. The van der Waals surface area contributed by atoms with Crippen LogP contribution in [0.15, 0.2) is 0 Å². The van der Waals surface area contributed by atoms with Crippen molar-refractivity contribution in [2.75, 3.05) is 0 Å². The number of hydrogen-bond donors (Lipinski definition) is 1. The van der Waals surface area contributed by atoms with Gasteiger partial charge in [0, 0.05) is 0 Å². The van der Waals surface area contributed by atoms with Crippen molar-refractivity contribution in [1.29, 1.82) is 0 Å². The lowest BCUT2D eigenvalue weighted by Gasteiger charge is -2.16. The van der Waals surface area contributed by atoms with Crippen LogP contribution in [-0.4, -0.2) is 23.8 Å². The molecule has 0 radical (unpaired) electrons. The van der Waals surface area contributed by atoms with Crippen molar-refractivity contribution in [3.8, 4) is 0 Å². The summed E-state index contributed by atoms with van der Waals surface area (Å²) in [5.74, 6) is -4.06. The fraction of sp³-hybridized carbons (Fsp3) is 1.00. The molecule has 0 amide bonds. The largest absolute Gasteiger partial charge is 0.357 e. The normalized spacial score (nSPS) is 18.0. The van der Waals surface area contributed by atoms with E-state index in [1.165, 1.54) is 0 Å². The Morgan fingerprint density at radius 3 is 1.70 bits per heavy atom. The summed E-state index contributed by atoms with van der Waals surface area (Å²) in [6, 6.07) is 0. The Morgan fingerprint density at radius 1 is 1.20 bits per heavy atom. The zero-order valence-corrected chi connectivity index (χ0v) is 4.70. The van der Waals surface area contributed by atoms with E-state index in [1.54, 1.807) is 0 Å². The van der Waals surface area contributed by atoms with E-state index < -0.39 is 25.1 Å². The molecule has 0 aromatic rings. The SMILES string of the molecule is OC(F)(CC(F)F)C(F)F. The summed E-state index contributed by atoms with van der Waals surface area (Å²) in [6.45, 7) is 0. The Morgan fingerprint density at radius 2 is 1.60 bits per heavy atom. The quantitative estimate of drug-likeness (QED) is 0.627. The fourth-order valence-corrected chi connectivity index (χ4v) is 0.306. The van der Waals surface area contributed by atoms with Crippen LogP contribution in [0.5, 0.6) is 0 Å². The highest BCUT2D eigenvalue weighted by Crippen LogP contribution is 2.24. The smallest absolute Gasteiger partial charge is 0.296 e. The molecule has 0 bridgehead atoms. The van der Waals surface area contributed by atoms with Gasteiger partial charge in [-0.25, -0.2) is 22.0 Å². The maximum Gasteiger partial charge on any atom is 0.296 e. The lowest BCUT2D eigenvalue weighted by molar-refractivity contribution is -0.205. The van der Waals surface area contributed by atoms with Gasteiger partial charge in [0.25, 0.3) is 12.3 Å². The van der Waals surface area contributed by atoms with Crippen LogP contribution in [0.1, 0.15) is 6.42 Å². The molecule has 0 rings (SSSR count). The third-order valence-electron chi connectivity index (χ3n) is 0.775. The Kier molecular flexibility index (Phi) is 3.01. The van der Waals surface area contributed by atoms with Gasteiger partial charge in [-0.15, -0.1) is 0 Å². The highest BCUT2D eigenvalue weighted by atomic mass is 19.3. The van der Waals surface area contributed by atoms with E-state index in [9.17, 15) is 22.0 Å². The fourth-order valence-electron chi connectivity index (χ4n) is 0.306. The molecule has 0 saturated heterocycles. The summed E-state index contributed by atoms with van der Waals surface area (Å²) in [5, 5.41) is 7.87. The minimum absolute atomic E-state index is 1.86. The zero-order valence-electron chi connectivity index (χ0n) is 4.70. The van der Waals surface area contributed by atoms with Crippen molar-refractivity contribution in [3.63, 3.8) is 0 Å². The standard InChI is InChI=1S/C4H5F5O/c5-2(6)1-4(9,10)3(7)8/h2-3,10H,1H2. The maximum absolute atomic E-state index is 11.8. The molecule has 1 nitrogen and oxygen atoms in total. The molecule has 0 aromatic carbocycles. The molecule has 0 fully saturated rings. The van der Waals surface area contributed by atoms with Gasteiger partial charge < -0.3 is 5.11 Å². The summed E-state index contributed by atoms with van der Waals surface area (Å²) in [4.78, 5) is 0. The number of aliphatic hydroxyl groups is 1. The highest BCUT2D eigenvalue weighted by molar-refractivity contribution is 4.68. The summed E-state index contributed by atoms with van der Waals surface area (Å²) >= 11 is 0. The van der Waals surface area contributed by atoms with Crippen molar-refractivity contribution < 1.29 is 27.1 Å². The lowest BCUT2D eigenvalue weighted by Crippen LogP contribution is -2.33. The van der Waals surface area contributed by atoms with E-state index in [0.29, 0.717) is 0 Å². The predicted octanol–water partition coefficient (Wildman–Crippen LogP) is 1.56. The van der Waals surface area contributed by atoms with Crippen molar-refractivity contribution in [1.82, 2.24) is 0 Å². The first-order valence-electron chi connectivity index (χ1n) is 2.34. The average molecular weight is 164 g/mol. The van der Waals surface area contributed by atoms with Crippen LogP contribution >= 0.6 is 0 Å². The van der Waals surface area contributed by atoms with Gasteiger partial charge in [-0.2, -0.15) is 0 Å². The highest BCUT2D eigenvalue weighted by Gasteiger charge is 2.40. The van der Waals surface area contributed by atoms with Crippen LogP contribution in [-0.2, 0) is 0 Å². The molecule has 0 saturated carbocycles. The maximum atomic E-state index is 11.8. The first-order chi connectivity index (χ1) is 4.36. The minimum Gasteiger partial charge on any atom is -0.357 e. The molecule has 0 heterocycles. The summed E-state index contributed by atoms with van der Waals surface area (Å²) < 4.78 is 56.5. The van der Waals surface area contributed by atoms with E-state index in [2.05, 4.69) is 0 Å². The molecular weight excluding hydrogens is 159 g/mol. The molecule has 1 unspecified atom stereocenters. The van der Waals surface area contributed by atoms with Crippen molar-refractivity contribution >= 4 is 0 Å². The van der Waals surface area contributed by atoms with Crippen LogP contribution < -0.4 is 0 Å². The second kappa shape index (κ2) is 3.14. The third kappa shape index (κ3) is 2.95. The van der Waals surface area contributed by atoms with Gasteiger partial charge in [0.05, 0.1) is 6.42 Å². The Labute approximate surface area is 53.5 Å². The Hall–Kier alpha value is -0.390. The van der Waals surface area contributed by atoms with Crippen LogP contribution in [0.2, 0.25) is 0 Å². The molecule has 0 aliphatic heterocycles. The van der Waals surface area contributed by atoms with Gasteiger partial charge in [-0.1, -0.05) is 0 Å². The Bertz CT molecular complexity index is 102. The van der Waals surface area contributed by atoms with Gasteiger partial charge in [0.2, 0.25) is 6.43 Å². The topological polar surface area (TPSA) is 20.2 Å². The van der Waals surface area contributed by atoms with E-state index in [0.717, 1.165) is 0 Å². The zero-order chi connectivity index (χ0) is 8.36. The molecular formula is C4H5F5O.